The van der Waals surface area contributed by atoms with Crippen LogP contribution in [0, 0.1) is 0 Å². The molecule has 0 spiro atoms. The SMILES string of the molecule is CCCCCCCCCCCCCCCCCC(=O)c1c(C(N)=O)ccc(C(=O)O)c1C(=O)CCCCCCCCCCCCCCCCC. The molecule has 0 bridgehead atoms. The molecule has 6 heteroatoms. The van der Waals surface area contributed by atoms with Gasteiger partial charge in [-0.25, -0.2) is 4.79 Å². The smallest absolute Gasteiger partial charge is 0.336 e. The summed E-state index contributed by atoms with van der Waals surface area (Å²) in [6, 6.07) is 2.53. The summed E-state index contributed by atoms with van der Waals surface area (Å²) in [6.07, 6.45) is 36.8. The van der Waals surface area contributed by atoms with Crippen LogP contribution in [0.3, 0.4) is 0 Å². The van der Waals surface area contributed by atoms with Gasteiger partial charge in [-0.2, -0.15) is 0 Å². The first-order chi connectivity index (χ1) is 24.3. The number of nitrogens with two attached hydrogens (primary N) is 1. The second kappa shape index (κ2) is 31.3. The summed E-state index contributed by atoms with van der Waals surface area (Å²) in [7, 11) is 0. The number of Topliss-reactive ketones (excluding diaryl/α,β-unsaturated/α-hetero) is 2. The molecule has 0 aliphatic heterocycles. The van der Waals surface area contributed by atoms with E-state index in [0.29, 0.717) is 12.8 Å². The second-order valence-corrected chi connectivity index (χ2v) is 14.8. The summed E-state index contributed by atoms with van der Waals surface area (Å²) in [5.41, 5.74) is 5.12. The van der Waals surface area contributed by atoms with Crippen molar-refractivity contribution in [2.45, 2.75) is 219 Å². The summed E-state index contributed by atoms with van der Waals surface area (Å²) in [6.45, 7) is 4.51. The number of hydrogen-bond acceptors (Lipinski definition) is 4. The number of carboxylic acids is 1. The number of carboxylic acid groups (broad SMARTS) is 1. The molecule has 0 saturated heterocycles. The van der Waals surface area contributed by atoms with Gasteiger partial charge in [-0.15, -0.1) is 0 Å². The molecule has 1 aromatic carbocycles. The maximum Gasteiger partial charge on any atom is 0.336 e. The number of rotatable bonds is 36. The molecule has 0 saturated carbocycles. The minimum Gasteiger partial charge on any atom is -0.478 e. The van der Waals surface area contributed by atoms with Gasteiger partial charge in [0.05, 0.1) is 11.1 Å². The van der Waals surface area contributed by atoms with Crippen LogP contribution in [0.5, 0.6) is 0 Å². The molecule has 0 heterocycles. The molecule has 1 rings (SSSR count). The van der Waals surface area contributed by atoms with Crippen molar-refractivity contribution < 1.29 is 24.3 Å². The lowest BCUT2D eigenvalue weighted by Gasteiger charge is -2.15. The first kappa shape index (κ1) is 45.5. The number of carbonyl (C=O) groups is 4. The van der Waals surface area contributed by atoms with Crippen molar-refractivity contribution in [1.82, 2.24) is 0 Å². The summed E-state index contributed by atoms with van der Waals surface area (Å²) in [5.74, 6) is -2.85. The first-order valence-electron chi connectivity index (χ1n) is 21.1. The molecule has 286 valence electrons. The van der Waals surface area contributed by atoms with Gasteiger partial charge in [0.25, 0.3) is 0 Å². The van der Waals surface area contributed by atoms with Crippen LogP contribution in [0.1, 0.15) is 261 Å². The van der Waals surface area contributed by atoms with Crippen LogP contribution in [0.4, 0.5) is 0 Å². The van der Waals surface area contributed by atoms with E-state index in [1.165, 1.54) is 153 Å². The Balaban J connectivity index is 2.44. The van der Waals surface area contributed by atoms with Crippen molar-refractivity contribution in [2.24, 2.45) is 5.73 Å². The van der Waals surface area contributed by atoms with Gasteiger partial charge in [-0.3, -0.25) is 14.4 Å². The Kier molecular flexibility index (Phi) is 28.5. The highest BCUT2D eigenvalue weighted by Crippen LogP contribution is 2.26. The van der Waals surface area contributed by atoms with Crippen molar-refractivity contribution in [3.05, 3.63) is 34.4 Å². The number of amides is 1. The van der Waals surface area contributed by atoms with Crippen LogP contribution >= 0.6 is 0 Å². The molecule has 0 radical (unpaired) electrons. The molecule has 1 amide bonds. The lowest BCUT2D eigenvalue weighted by molar-refractivity contribution is 0.0691. The van der Waals surface area contributed by atoms with Crippen molar-refractivity contribution >= 4 is 23.4 Å². The van der Waals surface area contributed by atoms with Crippen LogP contribution in [0.2, 0.25) is 0 Å². The van der Waals surface area contributed by atoms with Crippen LogP contribution < -0.4 is 5.73 Å². The molecule has 3 N–H and O–H groups in total. The topological polar surface area (TPSA) is 115 Å². The molecule has 0 unspecified atom stereocenters. The van der Waals surface area contributed by atoms with Gasteiger partial charge in [0.1, 0.15) is 0 Å². The summed E-state index contributed by atoms with van der Waals surface area (Å²) < 4.78 is 0. The third-order valence-electron chi connectivity index (χ3n) is 10.3. The summed E-state index contributed by atoms with van der Waals surface area (Å²) >= 11 is 0. The number of primary amides is 1. The van der Waals surface area contributed by atoms with E-state index in [1.54, 1.807) is 0 Å². The fourth-order valence-electron chi connectivity index (χ4n) is 7.13. The van der Waals surface area contributed by atoms with Crippen LogP contribution in [0.15, 0.2) is 12.1 Å². The van der Waals surface area contributed by atoms with E-state index in [1.807, 2.05) is 0 Å². The highest BCUT2D eigenvalue weighted by Gasteiger charge is 2.28. The Labute approximate surface area is 306 Å². The van der Waals surface area contributed by atoms with Gasteiger partial charge in [-0.1, -0.05) is 194 Å². The van der Waals surface area contributed by atoms with Crippen molar-refractivity contribution in [3.63, 3.8) is 0 Å². The molecule has 50 heavy (non-hydrogen) atoms. The quantitative estimate of drug-likeness (QED) is 0.0535. The van der Waals surface area contributed by atoms with Crippen LogP contribution in [-0.4, -0.2) is 28.5 Å². The minimum atomic E-state index is -1.28. The van der Waals surface area contributed by atoms with Crippen LogP contribution in [0.25, 0.3) is 0 Å². The van der Waals surface area contributed by atoms with Crippen LogP contribution in [-0.2, 0) is 0 Å². The largest absolute Gasteiger partial charge is 0.478 e. The Hall–Kier alpha value is -2.50. The molecular weight excluding hydrogens is 622 g/mol. The minimum absolute atomic E-state index is 0.0548. The average Bonchev–Trinajstić information content (AvgIpc) is 3.10. The lowest BCUT2D eigenvalue weighted by atomic mass is 9.87. The average molecular weight is 698 g/mol. The highest BCUT2D eigenvalue weighted by molar-refractivity contribution is 6.18. The zero-order valence-corrected chi connectivity index (χ0v) is 32.4. The molecule has 0 aromatic heterocycles. The second-order valence-electron chi connectivity index (χ2n) is 14.8. The third-order valence-corrected chi connectivity index (χ3v) is 10.3. The van der Waals surface area contributed by atoms with Gasteiger partial charge in [0, 0.05) is 24.0 Å². The van der Waals surface area contributed by atoms with Crippen molar-refractivity contribution in [1.29, 1.82) is 0 Å². The zero-order chi connectivity index (χ0) is 36.7. The maximum atomic E-state index is 13.5. The van der Waals surface area contributed by atoms with Gasteiger partial charge in [0.15, 0.2) is 11.6 Å². The zero-order valence-electron chi connectivity index (χ0n) is 32.4. The Morgan fingerprint density at radius 1 is 0.420 bits per heavy atom. The van der Waals surface area contributed by atoms with Crippen molar-refractivity contribution in [3.8, 4) is 0 Å². The number of ketones is 2. The predicted octanol–water partition coefficient (Wildman–Crippen LogP) is 13.4. The third kappa shape index (κ3) is 21.7. The number of hydrogen-bond donors (Lipinski definition) is 2. The number of unbranched alkanes of at least 4 members (excludes halogenated alkanes) is 28. The number of aromatic carboxylic acids is 1. The summed E-state index contributed by atoms with van der Waals surface area (Å²) in [4.78, 5) is 51.4. The molecule has 0 aliphatic rings. The van der Waals surface area contributed by atoms with E-state index in [2.05, 4.69) is 13.8 Å². The predicted molar refractivity (Wildman–Crippen MR) is 210 cm³/mol. The van der Waals surface area contributed by atoms with Gasteiger partial charge < -0.3 is 10.8 Å². The molecule has 0 aliphatic carbocycles. The van der Waals surface area contributed by atoms with Crippen molar-refractivity contribution in [2.75, 3.05) is 0 Å². The fraction of sp³-hybridized carbons (Fsp3) is 0.773. The molecule has 1 aromatic rings. The molecular formula is C44H75NO5. The van der Waals surface area contributed by atoms with E-state index in [9.17, 15) is 24.3 Å². The van der Waals surface area contributed by atoms with E-state index >= 15 is 0 Å². The Morgan fingerprint density at radius 2 is 0.660 bits per heavy atom. The normalized spacial score (nSPS) is 11.2. The van der Waals surface area contributed by atoms with E-state index in [0.717, 1.165) is 38.5 Å². The molecule has 0 atom stereocenters. The first-order valence-corrected chi connectivity index (χ1v) is 21.1. The monoisotopic (exact) mass is 698 g/mol. The van der Waals surface area contributed by atoms with E-state index in [-0.39, 0.29) is 46.7 Å². The van der Waals surface area contributed by atoms with E-state index < -0.39 is 11.9 Å². The Bertz CT molecular complexity index is 982. The highest BCUT2D eigenvalue weighted by atomic mass is 16.4. The van der Waals surface area contributed by atoms with Gasteiger partial charge in [0.2, 0.25) is 5.91 Å². The number of benzene rings is 1. The Morgan fingerprint density at radius 3 is 0.920 bits per heavy atom. The molecule has 0 fully saturated rings. The standard InChI is InChI=1S/C44H75NO5/c1-3-5-7-9-11-13-15-17-19-21-23-25-27-29-31-33-39(46)41-37(43(45)48)35-36-38(44(49)50)42(41)40(47)34-32-30-28-26-24-22-20-18-16-14-12-10-8-6-4-2/h35-36H,3-34H2,1-2H3,(H2,45,48)(H,49,50). The summed E-state index contributed by atoms with van der Waals surface area (Å²) in [5, 5.41) is 9.89. The van der Waals surface area contributed by atoms with E-state index in [4.69, 9.17) is 5.73 Å². The maximum absolute atomic E-state index is 13.5. The van der Waals surface area contributed by atoms with Gasteiger partial charge in [-0.05, 0) is 25.0 Å². The van der Waals surface area contributed by atoms with Gasteiger partial charge >= 0.3 is 5.97 Å². The molecule has 6 nitrogen and oxygen atoms in total. The fourth-order valence-corrected chi connectivity index (χ4v) is 7.13. The number of carbonyl (C=O) groups excluding carboxylic acids is 3. The lowest BCUT2D eigenvalue weighted by Crippen LogP contribution is -2.22.